The second-order valence-electron chi connectivity index (χ2n) is 3.70. The van der Waals surface area contributed by atoms with E-state index in [1.807, 2.05) is 6.07 Å². The monoisotopic (exact) mass is 213 g/mol. The van der Waals surface area contributed by atoms with Gasteiger partial charge in [-0.25, -0.2) is 0 Å². The zero-order chi connectivity index (χ0) is 10.4. The van der Waals surface area contributed by atoms with Crippen LogP contribution in [-0.2, 0) is 0 Å². The predicted octanol–water partition coefficient (Wildman–Crippen LogP) is 2.98. The Labute approximate surface area is 89.9 Å². The third-order valence-corrected chi connectivity index (χ3v) is 2.10. The molecule has 78 valence electrons. The Balaban J connectivity index is 2.21. The van der Waals surface area contributed by atoms with Gasteiger partial charge in [-0.2, -0.15) is 0 Å². The van der Waals surface area contributed by atoms with Crippen molar-refractivity contribution in [2.75, 3.05) is 11.9 Å². The number of nitrogens with one attached hydrogen (secondary N) is 1. The van der Waals surface area contributed by atoms with E-state index in [-0.39, 0.29) is 0 Å². The zero-order valence-electron chi connectivity index (χ0n) is 8.63. The molecular formula is C10H16ClN3. The van der Waals surface area contributed by atoms with Gasteiger partial charge in [0.2, 0.25) is 0 Å². The zero-order valence-corrected chi connectivity index (χ0v) is 9.38. The highest BCUT2D eigenvalue weighted by atomic mass is 35.5. The lowest BCUT2D eigenvalue weighted by atomic mass is 10.1. The molecule has 0 aliphatic heterocycles. The fourth-order valence-corrected chi connectivity index (χ4v) is 1.24. The summed E-state index contributed by atoms with van der Waals surface area (Å²) in [4.78, 5) is 0. The quantitative estimate of drug-likeness (QED) is 0.765. The molecule has 0 aliphatic rings. The van der Waals surface area contributed by atoms with Crippen LogP contribution >= 0.6 is 11.6 Å². The van der Waals surface area contributed by atoms with Crippen molar-refractivity contribution >= 4 is 17.4 Å². The number of hydrogen-bond donors (Lipinski definition) is 1. The summed E-state index contributed by atoms with van der Waals surface area (Å²) < 4.78 is 0. The average molecular weight is 214 g/mol. The van der Waals surface area contributed by atoms with Crippen LogP contribution in [0.2, 0.25) is 5.15 Å². The molecule has 0 atom stereocenters. The van der Waals surface area contributed by atoms with Crippen LogP contribution in [0.5, 0.6) is 0 Å². The molecule has 1 aromatic rings. The summed E-state index contributed by atoms with van der Waals surface area (Å²) in [5.41, 5.74) is 0. The van der Waals surface area contributed by atoms with Crippen molar-refractivity contribution in [2.24, 2.45) is 5.92 Å². The number of aromatic nitrogens is 2. The van der Waals surface area contributed by atoms with Crippen molar-refractivity contribution in [3.63, 3.8) is 0 Å². The van der Waals surface area contributed by atoms with Crippen LogP contribution in [0, 0.1) is 5.92 Å². The molecule has 1 N–H and O–H groups in total. The number of anilines is 1. The van der Waals surface area contributed by atoms with E-state index in [2.05, 4.69) is 29.4 Å². The normalized spacial score (nSPS) is 10.6. The molecular weight excluding hydrogens is 198 g/mol. The molecule has 0 saturated carbocycles. The van der Waals surface area contributed by atoms with Gasteiger partial charge in [-0.15, -0.1) is 10.2 Å². The Kier molecular flexibility index (Phi) is 4.66. The van der Waals surface area contributed by atoms with Gasteiger partial charge in [-0.3, -0.25) is 0 Å². The SMILES string of the molecule is CC(C)CCCNc1ccc(Cl)nn1. The number of hydrogen-bond acceptors (Lipinski definition) is 3. The molecule has 0 unspecified atom stereocenters. The highest BCUT2D eigenvalue weighted by Crippen LogP contribution is 2.07. The first kappa shape index (κ1) is 11.2. The number of halogens is 1. The first-order chi connectivity index (χ1) is 6.68. The Hall–Kier alpha value is -0.830. The minimum atomic E-state index is 0.428. The van der Waals surface area contributed by atoms with Crippen LogP contribution in [0.1, 0.15) is 26.7 Å². The summed E-state index contributed by atoms with van der Waals surface area (Å²) in [5, 5.41) is 11.3. The van der Waals surface area contributed by atoms with Crippen LogP contribution in [-0.4, -0.2) is 16.7 Å². The van der Waals surface area contributed by atoms with Gasteiger partial charge < -0.3 is 5.32 Å². The van der Waals surface area contributed by atoms with E-state index < -0.39 is 0 Å². The highest BCUT2D eigenvalue weighted by molar-refractivity contribution is 6.29. The van der Waals surface area contributed by atoms with Crippen LogP contribution in [0.25, 0.3) is 0 Å². The fourth-order valence-electron chi connectivity index (χ4n) is 1.14. The van der Waals surface area contributed by atoms with Crippen molar-refractivity contribution in [1.82, 2.24) is 10.2 Å². The molecule has 0 saturated heterocycles. The van der Waals surface area contributed by atoms with Crippen molar-refractivity contribution in [3.05, 3.63) is 17.3 Å². The topological polar surface area (TPSA) is 37.8 Å². The molecule has 1 aromatic heterocycles. The van der Waals surface area contributed by atoms with Gasteiger partial charge in [0.15, 0.2) is 5.15 Å². The Morgan fingerprint density at radius 3 is 2.71 bits per heavy atom. The minimum absolute atomic E-state index is 0.428. The van der Waals surface area contributed by atoms with E-state index in [1.165, 1.54) is 6.42 Å². The molecule has 0 bridgehead atoms. The van der Waals surface area contributed by atoms with Gasteiger partial charge in [0.05, 0.1) is 0 Å². The van der Waals surface area contributed by atoms with Crippen LogP contribution in [0.4, 0.5) is 5.82 Å². The maximum atomic E-state index is 5.61. The van der Waals surface area contributed by atoms with Crippen molar-refractivity contribution in [1.29, 1.82) is 0 Å². The van der Waals surface area contributed by atoms with Gasteiger partial charge in [0.1, 0.15) is 5.82 Å². The minimum Gasteiger partial charge on any atom is -0.369 e. The van der Waals surface area contributed by atoms with Gasteiger partial charge in [-0.05, 0) is 30.9 Å². The lowest BCUT2D eigenvalue weighted by molar-refractivity contribution is 0.566. The largest absolute Gasteiger partial charge is 0.369 e. The maximum Gasteiger partial charge on any atom is 0.151 e. The standard InChI is InChI=1S/C10H16ClN3/c1-8(2)4-3-7-12-10-6-5-9(11)13-14-10/h5-6,8H,3-4,7H2,1-2H3,(H,12,14). The van der Waals surface area contributed by atoms with E-state index in [0.717, 1.165) is 24.7 Å². The molecule has 0 aliphatic carbocycles. The van der Waals surface area contributed by atoms with E-state index in [4.69, 9.17) is 11.6 Å². The Bertz CT molecular complexity index is 259. The van der Waals surface area contributed by atoms with Crippen LogP contribution in [0.15, 0.2) is 12.1 Å². The molecule has 0 radical (unpaired) electrons. The molecule has 0 fully saturated rings. The summed E-state index contributed by atoms with van der Waals surface area (Å²) in [6.07, 6.45) is 2.38. The molecule has 0 aromatic carbocycles. The maximum absolute atomic E-state index is 5.61. The van der Waals surface area contributed by atoms with E-state index in [9.17, 15) is 0 Å². The lowest BCUT2D eigenvalue weighted by Crippen LogP contribution is -2.05. The Morgan fingerprint density at radius 2 is 2.14 bits per heavy atom. The molecule has 3 nitrogen and oxygen atoms in total. The second kappa shape index (κ2) is 5.81. The third-order valence-electron chi connectivity index (χ3n) is 1.90. The van der Waals surface area contributed by atoms with Gasteiger partial charge >= 0.3 is 0 Å². The first-order valence-corrected chi connectivity index (χ1v) is 5.29. The summed E-state index contributed by atoms with van der Waals surface area (Å²) in [7, 11) is 0. The van der Waals surface area contributed by atoms with Crippen LogP contribution < -0.4 is 5.32 Å². The number of nitrogens with zero attached hydrogens (tertiary/aromatic N) is 2. The van der Waals surface area contributed by atoms with E-state index in [0.29, 0.717) is 5.15 Å². The molecule has 1 rings (SSSR count). The van der Waals surface area contributed by atoms with Gasteiger partial charge in [0.25, 0.3) is 0 Å². The summed E-state index contributed by atoms with van der Waals surface area (Å²) >= 11 is 5.61. The molecule has 4 heteroatoms. The van der Waals surface area contributed by atoms with Gasteiger partial charge in [0, 0.05) is 6.54 Å². The molecule has 0 amide bonds. The lowest BCUT2D eigenvalue weighted by Gasteiger charge is -2.06. The summed E-state index contributed by atoms with van der Waals surface area (Å²) in [5.74, 6) is 1.55. The van der Waals surface area contributed by atoms with Crippen molar-refractivity contribution in [2.45, 2.75) is 26.7 Å². The smallest absolute Gasteiger partial charge is 0.151 e. The summed E-state index contributed by atoms with van der Waals surface area (Å²) in [6.45, 7) is 5.39. The second-order valence-corrected chi connectivity index (χ2v) is 4.09. The predicted molar refractivity (Wildman–Crippen MR) is 59.6 cm³/mol. The fraction of sp³-hybridized carbons (Fsp3) is 0.600. The average Bonchev–Trinajstić information content (AvgIpc) is 2.15. The van der Waals surface area contributed by atoms with Crippen molar-refractivity contribution < 1.29 is 0 Å². The molecule has 14 heavy (non-hydrogen) atoms. The Morgan fingerprint density at radius 1 is 1.36 bits per heavy atom. The van der Waals surface area contributed by atoms with E-state index >= 15 is 0 Å². The van der Waals surface area contributed by atoms with Gasteiger partial charge in [-0.1, -0.05) is 25.4 Å². The van der Waals surface area contributed by atoms with Crippen molar-refractivity contribution in [3.8, 4) is 0 Å². The van der Waals surface area contributed by atoms with Crippen LogP contribution in [0.3, 0.4) is 0 Å². The molecule has 0 spiro atoms. The van der Waals surface area contributed by atoms with E-state index in [1.54, 1.807) is 6.07 Å². The number of rotatable bonds is 5. The highest BCUT2D eigenvalue weighted by Gasteiger charge is 1.96. The third kappa shape index (κ3) is 4.42. The first-order valence-electron chi connectivity index (χ1n) is 4.91. The summed E-state index contributed by atoms with van der Waals surface area (Å²) in [6, 6.07) is 3.57. The molecule has 1 heterocycles.